The molecule has 1 aromatic carbocycles. The van der Waals surface area contributed by atoms with E-state index in [1.165, 1.54) is 18.4 Å². The van der Waals surface area contributed by atoms with Crippen LogP contribution in [0.1, 0.15) is 18.4 Å². The summed E-state index contributed by atoms with van der Waals surface area (Å²) in [6.45, 7) is 2.08. The highest BCUT2D eigenvalue weighted by atomic mass is 32.1. The predicted molar refractivity (Wildman–Crippen MR) is 116 cm³/mol. The van der Waals surface area contributed by atoms with Crippen LogP contribution in [0.3, 0.4) is 0 Å². The molecule has 0 spiro atoms. The molecule has 0 amide bonds. The molecule has 4 heterocycles. The molecule has 6 nitrogen and oxygen atoms in total. The average molecular weight is 406 g/mol. The number of rotatable bonds is 5. The Balaban J connectivity index is 1.23. The summed E-state index contributed by atoms with van der Waals surface area (Å²) in [5.74, 6) is 1.65. The normalized spacial score (nSPS) is 15.1. The standard InChI is InChI=1S/C22H23N5OS/c1-28-19-6-2-4-17(13-19)12-16-7-10-26(11-8-16)22-25-27-15-20(24-21(27)29-22)18-5-3-9-23-14-18/h2-6,9,13-16H,7-8,10-12H2,1H3. The van der Waals surface area contributed by atoms with E-state index < -0.39 is 0 Å². The number of pyridine rings is 1. The Hall–Kier alpha value is -2.93. The molecule has 7 heteroatoms. The number of fused-ring (bicyclic) bond motifs is 1. The number of imidazole rings is 1. The molecule has 0 radical (unpaired) electrons. The van der Waals surface area contributed by atoms with Gasteiger partial charge in [-0.25, -0.2) is 9.50 Å². The smallest absolute Gasteiger partial charge is 0.214 e. The summed E-state index contributed by atoms with van der Waals surface area (Å²) in [6.07, 6.45) is 9.07. The maximum atomic E-state index is 5.35. The molecule has 1 aliphatic heterocycles. The number of nitrogens with zero attached hydrogens (tertiary/aromatic N) is 5. The van der Waals surface area contributed by atoms with E-state index in [0.29, 0.717) is 5.92 Å². The molecule has 1 aliphatic rings. The van der Waals surface area contributed by atoms with Gasteiger partial charge in [-0.1, -0.05) is 23.5 Å². The minimum Gasteiger partial charge on any atom is -0.497 e. The topological polar surface area (TPSA) is 55.5 Å². The lowest BCUT2D eigenvalue weighted by molar-refractivity contribution is 0.398. The number of ether oxygens (including phenoxy) is 1. The molecule has 5 rings (SSSR count). The number of methoxy groups -OCH3 is 1. The molecule has 0 unspecified atom stereocenters. The molecule has 4 aromatic rings. The summed E-state index contributed by atoms with van der Waals surface area (Å²) < 4.78 is 7.24. The van der Waals surface area contributed by atoms with Gasteiger partial charge in [-0.2, -0.15) is 0 Å². The second-order valence-corrected chi connectivity index (χ2v) is 8.40. The van der Waals surface area contributed by atoms with Gasteiger partial charge in [-0.3, -0.25) is 4.98 Å². The van der Waals surface area contributed by atoms with Gasteiger partial charge in [-0.05, 0) is 55.0 Å². The van der Waals surface area contributed by atoms with Crippen LogP contribution in [0.4, 0.5) is 5.13 Å². The first-order valence-electron chi connectivity index (χ1n) is 9.93. The zero-order chi connectivity index (χ0) is 19.6. The average Bonchev–Trinajstić information content (AvgIpc) is 3.35. The van der Waals surface area contributed by atoms with Crippen molar-refractivity contribution < 1.29 is 4.74 Å². The van der Waals surface area contributed by atoms with E-state index in [0.717, 1.165) is 46.6 Å². The van der Waals surface area contributed by atoms with E-state index in [2.05, 4.69) is 28.1 Å². The van der Waals surface area contributed by atoms with Gasteiger partial charge in [0.25, 0.3) is 0 Å². The maximum absolute atomic E-state index is 5.35. The van der Waals surface area contributed by atoms with Gasteiger partial charge in [0, 0.05) is 31.0 Å². The van der Waals surface area contributed by atoms with Crippen molar-refractivity contribution in [3.63, 3.8) is 0 Å². The fourth-order valence-electron chi connectivity index (χ4n) is 3.93. The fourth-order valence-corrected chi connectivity index (χ4v) is 4.87. The van der Waals surface area contributed by atoms with Crippen molar-refractivity contribution in [2.75, 3.05) is 25.1 Å². The van der Waals surface area contributed by atoms with Crippen LogP contribution in [0.5, 0.6) is 5.75 Å². The van der Waals surface area contributed by atoms with Gasteiger partial charge < -0.3 is 9.64 Å². The van der Waals surface area contributed by atoms with Crippen LogP contribution >= 0.6 is 11.3 Å². The number of aromatic nitrogens is 4. The Kier molecular flexibility index (Phi) is 4.89. The van der Waals surface area contributed by atoms with Crippen LogP contribution < -0.4 is 9.64 Å². The highest BCUT2D eigenvalue weighted by molar-refractivity contribution is 7.20. The van der Waals surface area contributed by atoms with Crippen molar-refractivity contribution in [1.29, 1.82) is 0 Å². The summed E-state index contributed by atoms with van der Waals surface area (Å²) in [5, 5.41) is 5.84. The van der Waals surface area contributed by atoms with Gasteiger partial charge in [0.1, 0.15) is 5.75 Å². The van der Waals surface area contributed by atoms with Crippen molar-refractivity contribution >= 4 is 21.4 Å². The molecule has 0 N–H and O–H groups in total. The zero-order valence-electron chi connectivity index (χ0n) is 16.4. The van der Waals surface area contributed by atoms with Gasteiger partial charge in [-0.15, -0.1) is 5.10 Å². The molecular formula is C22H23N5OS. The second-order valence-electron chi connectivity index (χ2n) is 7.47. The number of benzene rings is 1. The Morgan fingerprint density at radius 3 is 2.83 bits per heavy atom. The monoisotopic (exact) mass is 405 g/mol. The number of hydrogen-bond acceptors (Lipinski definition) is 6. The number of anilines is 1. The van der Waals surface area contributed by atoms with E-state index in [1.54, 1.807) is 24.6 Å². The Bertz CT molecular complexity index is 1070. The van der Waals surface area contributed by atoms with Crippen LogP contribution in [-0.2, 0) is 6.42 Å². The first-order chi connectivity index (χ1) is 14.3. The van der Waals surface area contributed by atoms with Crippen LogP contribution in [0.25, 0.3) is 16.2 Å². The van der Waals surface area contributed by atoms with Gasteiger partial charge >= 0.3 is 0 Å². The second kappa shape index (κ2) is 7.83. The minimum absolute atomic E-state index is 0.708. The molecule has 1 fully saturated rings. The van der Waals surface area contributed by atoms with Crippen molar-refractivity contribution in [3.8, 4) is 17.0 Å². The fraction of sp³-hybridized carbons (Fsp3) is 0.318. The number of hydrogen-bond donors (Lipinski definition) is 0. The van der Waals surface area contributed by atoms with Gasteiger partial charge in [0.2, 0.25) is 10.1 Å². The summed E-state index contributed by atoms with van der Waals surface area (Å²) in [7, 11) is 1.72. The summed E-state index contributed by atoms with van der Waals surface area (Å²) in [6, 6.07) is 12.4. The third kappa shape index (κ3) is 3.82. The Morgan fingerprint density at radius 2 is 2.07 bits per heavy atom. The van der Waals surface area contributed by atoms with E-state index >= 15 is 0 Å². The highest BCUT2D eigenvalue weighted by Crippen LogP contribution is 2.30. The third-order valence-electron chi connectivity index (χ3n) is 5.53. The zero-order valence-corrected chi connectivity index (χ0v) is 17.2. The molecule has 0 aliphatic carbocycles. The lowest BCUT2D eigenvalue weighted by atomic mass is 9.90. The predicted octanol–water partition coefficient (Wildman–Crippen LogP) is 4.32. The molecule has 29 heavy (non-hydrogen) atoms. The number of piperidine rings is 1. The van der Waals surface area contributed by atoms with Crippen LogP contribution in [0.2, 0.25) is 0 Å². The maximum Gasteiger partial charge on any atom is 0.214 e. The molecule has 0 bridgehead atoms. The minimum atomic E-state index is 0.708. The molecule has 0 atom stereocenters. The van der Waals surface area contributed by atoms with E-state index in [9.17, 15) is 0 Å². The van der Waals surface area contributed by atoms with Crippen molar-refractivity contribution in [2.45, 2.75) is 19.3 Å². The van der Waals surface area contributed by atoms with Crippen LogP contribution in [0.15, 0.2) is 55.0 Å². The third-order valence-corrected chi connectivity index (χ3v) is 6.52. The van der Waals surface area contributed by atoms with Crippen molar-refractivity contribution in [2.24, 2.45) is 5.92 Å². The Labute approximate surface area is 173 Å². The Morgan fingerprint density at radius 1 is 1.17 bits per heavy atom. The van der Waals surface area contributed by atoms with Crippen molar-refractivity contribution in [1.82, 2.24) is 19.6 Å². The first kappa shape index (κ1) is 18.1. The summed E-state index contributed by atoms with van der Waals surface area (Å²) in [4.78, 5) is 12.2. The van der Waals surface area contributed by atoms with Gasteiger partial charge in [0.05, 0.1) is 19.0 Å². The molecular weight excluding hydrogens is 382 g/mol. The SMILES string of the molecule is COc1cccc(CC2CCN(c3nn4cc(-c5cccnc5)nc4s3)CC2)c1. The summed E-state index contributed by atoms with van der Waals surface area (Å²) >= 11 is 1.66. The molecule has 148 valence electrons. The van der Waals surface area contributed by atoms with E-state index in [1.807, 2.05) is 35.1 Å². The van der Waals surface area contributed by atoms with E-state index in [4.69, 9.17) is 14.8 Å². The van der Waals surface area contributed by atoms with Crippen LogP contribution in [-0.4, -0.2) is 39.8 Å². The van der Waals surface area contributed by atoms with Crippen LogP contribution in [0, 0.1) is 5.92 Å². The van der Waals surface area contributed by atoms with Gasteiger partial charge in [0.15, 0.2) is 0 Å². The van der Waals surface area contributed by atoms with E-state index in [-0.39, 0.29) is 0 Å². The lowest BCUT2D eigenvalue weighted by Crippen LogP contribution is -2.34. The lowest BCUT2D eigenvalue weighted by Gasteiger charge is -2.31. The molecule has 1 saturated heterocycles. The highest BCUT2D eigenvalue weighted by Gasteiger charge is 2.23. The quantitative estimate of drug-likeness (QED) is 0.495. The molecule has 3 aromatic heterocycles. The molecule has 0 saturated carbocycles. The first-order valence-corrected chi connectivity index (χ1v) is 10.7. The largest absolute Gasteiger partial charge is 0.497 e. The summed E-state index contributed by atoms with van der Waals surface area (Å²) in [5.41, 5.74) is 3.30. The van der Waals surface area contributed by atoms with Crippen molar-refractivity contribution in [3.05, 3.63) is 60.6 Å².